The van der Waals surface area contributed by atoms with Crippen LogP contribution in [-0.4, -0.2) is 75.3 Å². The summed E-state index contributed by atoms with van der Waals surface area (Å²) in [7, 11) is 0. The molecule has 2 aliphatic heterocycles. The Balaban J connectivity index is 0.000000285. The third-order valence-corrected chi connectivity index (χ3v) is 9.35. The molecule has 3 amide bonds. The summed E-state index contributed by atoms with van der Waals surface area (Å²) in [6.07, 6.45) is 0.138. The van der Waals surface area contributed by atoms with Crippen molar-refractivity contribution in [2.24, 2.45) is 11.8 Å². The summed E-state index contributed by atoms with van der Waals surface area (Å²) >= 11 is 13.4. The molecule has 0 radical (unpaired) electrons. The quantitative estimate of drug-likeness (QED) is 0.258. The number of ether oxygens (including phenoxy) is 2. The largest absolute Gasteiger partial charge is 0.480 e. The van der Waals surface area contributed by atoms with E-state index in [0.29, 0.717) is 31.6 Å². The average Bonchev–Trinajstić information content (AvgIpc) is 3.54. The number of halogens is 4. The monoisotopic (exact) mass is 938 g/mol. The van der Waals surface area contributed by atoms with Crippen LogP contribution in [-0.2, 0) is 19.1 Å². The van der Waals surface area contributed by atoms with Gasteiger partial charge in [0, 0.05) is 36.7 Å². The number of hydrogen-bond donors (Lipinski definition) is 3. The van der Waals surface area contributed by atoms with E-state index in [2.05, 4.69) is 69.0 Å². The van der Waals surface area contributed by atoms with Crippen molar-refractivity contribution < 1.29 is 33.8 Å². The molecule has 15 heteroatoms. The van der Waals surface area contributed by atoms with Crippen molar-refractivity contribution in [2.45, 2.75) is 91.5 Å². The van der Waals surface area contributed by atoms with Gasteiger partial charge in [-0.2, -0.15) is 0 Å². The Morgan fingerprint density at radius 1 is 0.755 bits per heavy atom. The van der Waals surface area contributed by atoms with Gasteiger partial charge in [0.25, 0.3) is 0 Å². The number of anilines is 2. The first-order valence-corrected chi connectivity index (χ1v) is 18.8. The van der Waals surface area contributed by atoms with Gasteiger partial charge in [-0.3, -0.25) is 14.6 Å². The molecule has 4 atom stereocenters. The van der Waals surface area contributed by atoms with E-state index < -0.39 is 41.4 Å². The van der Waals surface area contributed by atoms with E-state index in [1.165, 1.54) is 9.80 Å². The number of hydrogen-bond acceptors (Lipinski definition) is 7. The molecule has 4 rings (SSSR count). The molecule has 0 bridgehead atoms. The molecule has 2 aliphatic rings. The highest BCUT2D eigenvalue weighted by Crippen LogP contribution is 2.30. The van der Waals surface area contributed by atoms with Crippen LogP contribution >= 0.6 is 63.7 Å². The van der Waals surface area contributed by atoms with E-state index >= 15 is 0 Å². The van der Waals surface area contributed by atoms with Gasteiger partial charge in [0.2, 0.25) is 5.91 Å². The lowest BCUT2D eigenvalue weighted by atomic mass is 10.1. The fraction of sp³-hybridized carbons (Fsp3) is 0.529. The highest BCUT2D eigenvalue weighted by Gasteiger charge is 2.41. The Morgan fingerprint density at radius 3 is 1.59 bits per heavy atom. The van der Waals surface area contributed by atoms with Crippen LogP contribution in [0.2, 0.25) is 0 Å². The van der Waals surface area contributed by atoms with E-state index in [1.54, 1.807) is 20.8 Å². The van der Waals surface area contributed by atoms with Gasteiger partial charge in [0.05, 0.1) is 5.69 Å². The number of rotatable bonds is 3. The number of carbonyl (C=O) groups excluding carboxylic acids is 3. The van der Waals surface area contributed by atoms with E-state index in [9.17, 15) is 19.2 Å². The lowest BCUT2D eigenvalue weighted by Crippen LogP contribution is -2.45. The highest BCUT2D eigenvalue weighted by molar-refractivity contribution is 9.11. The molecule has 0 aromatic heterocycles. The van der Waals surface area contributed by atoms with Gasteiger partial charge in [-0.25, -0.2) is 14.4 Å². The van der Waals surface area contributed by atoms with Crippen molar-refractivity contribution in [3.63, 3.8) is 0 Å². The standard InChI is InChI=1S/C17H22Br2N2O3.C11H19NO4.C6H5Br2N/c1-10-7-14(21(9-10)16(23)24-17(2,3)4)15(22)20-13-6-5-11(18)8-12(13)19;1-7-5-8(9(13)14)12(6-7)10(15)16-11(2,3)4;7-4-1-2-6(9)5(8)3-4/h5-6,8,10,14H,7,9H2,1-4H3,(H,20,22);7-8H,5-6H2,1-4H3,(H,13,14);1-3H,9H2/t10-,14-;7-,8-;/m00./s1. The molecular weight excluding hydrogens is 896 g/mol. The van der Waals surface area contributed by atoms with Crippen molar-refractivity contribution in [3.8, 4) is 0 Å². The summed E-state index contributed by atoms with van der Waals surface area (Å²) in [4.78, 5) is 50.6. The Hall–Kier alpha value is -2.36. The van der Waals surface area contributed by atoms with Crippen LogP contribution in [0.5, 0.6) is 0 Å². The van der Waals surface area contributed by atoms with Gasteiger partial charge in [0.1, 0.15) is 23.3 Å². The number of likely N-dealkylation sites (tertiary alicyclic amines) is 2. The van der Waals surface area contributed by atoms with Gasteiger partial charge < -0.3 is 25.6 Å². The first kappa shape index (κ1) is 42.8. The third-order valence-electron chi connectivity index (χ3n) is 7.02. The molecule has 2 fully saturated rings. The van der Waals surface area contributed by atoms with Crippen LogP contribution in [0.4, 0.5) is 21.0 Å². The zero-order valence-corrected chi connectivity index (χ0v) is 35.3. The molecule has 0 aliphatic carbocycles. The van der Waals surface area contributed by atoms with E-state index in [4.69, 9.17) is 20.3 Å². The lowest BCUT2D eigenvalue weighted by molar-refractivity contribution is -0.142. The molecule has 11 nitrogen and oxygen atoms in total. The van der Waals surface area contributed by atoms with Crippen molar-refractivity contribution in [1.29, 1.82) is 0 Å². The maximum absolute atomic E-state index is 12.7. The van der Waals surface area contributed by atoms with Gasteiger partial charge >= 0.3 is 18.2 Å². The Labute approximate surface area is 322 Å². The summed E-state index contributed by atoms with van der Waals surface area (Å²) in [6, 6.07) is 9.91. The number of nitrogen functional groups attached to an aromatic ring is 1. The second-order valence-corrected chi connectivity index (χ2v) is 17.6. The zero-order chi connectivity index (χ0) is 37.4. The van der Waals surface area contributed by atoms with Crippen LogP contribution in [0.25, 0.3) is 0 Å². The van der Waals surface area contributed by atoms with Crippen LogP contribution < -0.4 is 11.1 Å². The normalized spacial score (nSPS) is 20.3. The van der Waals surface area contributed by atoms with Crippen LogP contribution in [0, 0.1) is 11.8 Å². The number of aliphatic carboxylic acids is 1. The molecule has 0 saturated carbocycles. The minimum atomic E-state index is -0.963. The summed E-state index contributed by atoms with van der Waals surface area (Å²) < 4.78 is 14.3. The first-order chi connectivity index (χ1) is 22.5. The van der Waals surface area contributed by atoms with Crippen LogP contribution in [0.3, 0.4) is 0 Å². The second-order valence-electron chi connectivity index (χ2n) is 14.1. The minimum Gasteiger partial charge on any atom is -0.480 e. The molecule has 49 heavy (non-hydrogen) atoms. The lowest BCUT2D eigenvalue weighted by Gasteiger charge is -2.28. The van der Waals surface area contributed by atoms with Gasteiger partial charge in [-0.15, -0.1) is 0 Å². The average molecular weight is 942 g/mol. The maximum Gasteiger partial charge on any atom is 0.411 e. The van der Waals surface area contributed by atoms with E-state index in [1.807, 2.05) is 71.0 Å². The molecular formula is C34H46Br4N4O7. The SMILES string of the molecule is C[C@H]1C[C@@H](C(=O)Nc2ccc(Br)cc2Br)N(C(=O)OC(C)(C)C)C1.C[C@H]1C[C@@H](C(=O)O)N(C(=O)OC(C)(C)C)C1.Nc1ccc(Br)cc1Br. The number of nitrogens with zero attached hydrogens (tertiary/aromatic N) is 2. The predicted octanol–water partition coefficient (Wildman–Crippen LogP) is 9.31. The molecule has 2 saturated heterocycles. The highest BCUT2D eigenvalue weighted by atomic mass is 79.9. The number of nitrogens with one attached hydrogen (secondary N) is 1. The summed E-state index contributed by atoms with van der Waals surface area (Å²) in [5.41, 5.74) is 5.78. The molecule has 0 unspecified atom stereocenters. The van der Waals surface area contributed by atoms with Gasteiger partial charge in [0.15, 0.2) is 0 Å². The third kappa shape index (κ3) is 14.4. The molecule has 2 heterocycles. The summed E-state index contributed by atoms with van der Waals surface area (Å²) in [5.74, 6) is -0.710. The Kier molecular flexibility index (Phi) is 15.9. The van der Waals surface area contributed by atoms with Crippen molar-refractivity contribution in [2.75, 3.05) is 24.1 Å². The number of carboxylic acid groups (broad SMARTS) is 1. The molecule has 4 N–H and O–H groups in total. The smallest absolute Gasteiger partial charge is 0.411 e. The number of carboxylic acids is 1. The summed E-state index contributed by atoms with van der Waals surface area (Å²) in [5, 5.41) is 11.9. The molecule has 2 aromatic carbocycles. The van der Waals surface area contributed by atoms with Crippen molar-refractivity contribution >= 4 is 99.2 Å². The van der Waals surface area contributed by atoms with Crippen LogP contribution in [0.15, 0.2) is 54.3 Å². The van der Waals surface area contributed by atoms with Crippen molar-refractivity contribution in [3.05, 3.63) is 54.3 Å². The molecule has 0 spiro atoms. The summed E-state index contributed by atoms with van der Waals surface area (Å²) in [6.45, 7) is 15.7. The van der Waals surface area contributed by atoms with Crippen molar-refractivity contribution in [1.82, 2.24) is 9.80 Å². The maximum atomic E-state index is 12.7. The second kappa shape index (κ2) is 18.2. The minimum absolute atomic E-state index is 0.201. The number of amides is 3. The van der Waals surface area contributed by atoms with E-state index in [0.717, 1.165) is 23.6 Å². The number of benzene rings is 2. The van der Waals surface area contributed by atoms with Gasteiger partial charge in [-0.05, 0) is 134 Å². The topological polar surface area (TPSA) is 152 Å². The number of nitrogens with two attached hydrogens (primary N) is 1. The Morgan fingerprint density at radius 2 is 1.18 bits per heavy atom. The number of carbonyl (C=O) groups is 4. The molecule has 2 aromatic rings. The Bertz CT molecular complexity index is 1500. The first-order valence-electron chi connectivity index (χ1n) is 15.7. The molecule has 272 valence electrons. The predicted molar refractivity (Wildman–Crippen MR) is 205 cm³/mol. The van der Waals surface area contributed by atoms with Gasteiger partial charge in [-0.1, -0.05) is 45.7 Å². The van der Waals surface area contributed by atoms with Crippen LogP contribution in [0.1, 0.15) is 68.2 Å². The fourth-order valence-corrected chi connectivity index (χ4v) is 7.12. The fourth-order valence-electron chi connectivity index (χ4n) is 4.93. The van der Waals surface area contributed by atoms with E-state index in [-0.39, 0.29) is 17.7 Å². The zero-order valence-electron chi connectivity index (χ0n) is 29.0.